The van der Waals surface area contributed by atoms with E-state index in [1.165, 1.54) is 11.8 Å². The van der Waals surface area contributed by atoms with Crippen LogP contribution in [0.3, 0.4) is 0 Å². The van der Waals surface area contributed by atoms with E-state index in [9.17, 15) is 4.79 Å². The molecule has 0 heterocycles. The van der Waals surface area contributed by atoms with Gasteiger partial charge < -0.3 is 5.32 Å². The van der Waals surface area contributed by atoms with Gasteiger partial charge in [0.05, 0.1) is 0 Å². The van der Waals surface area contributed by atoms with Crippen LogP contribution in [-0.4, -0.2) is 15.5 Å². The van der Waals surface area contributed by atoms with Crippen molar-refractivity contribution in [3.63, 3.8) is 0 Å². The van der Waals surface area contributed by atoms with Crippen molar-refractivity contribution >= 4 is 17.0 Å². The lowest BCUT2D eigenvalue weighted by atomic mass is 9.75. The number of thioether (sulfide) groups is 1. The molecule has 3 heteroatoms. The molecule has 0 unspecified atom stereocenters. The minimum absolute atomic E-state index is 0.0232. The van der Waals surface area contributed by atoms with Crippen LogP contribution in [0.15, 0.2) is 0 Å². The summed E-state index contributed by atoms with van der Waals surface area (Å²) < 4.78 is -0.0232. The molecule has 0 aliphatic rings. The van der Waals surface area contributed by atoms with E-state index in [1.54, 1.807) is 0 Å². The Kier molecular flexibility index (Phi) is 8.40. The van der Waals surface area contributed by atoms with Gasteiger partial charge in [-0.05, 0) is 56.3 Å². The molecule has 144 valence electrons. The van der Waals surface area contributed by atoms with Crippen LogP contribution >= 0.6 is 11.8 Å². The molecular weight excluding hydrogens is 314 g/mol. The first-order chi connectivity index (χ1) is 10.5. The molecule has 2 nitrogen and oxygen atoms in total. The number of hydrogen-bond donors (Lipinski definition) is 1. The number of carbonyl (C=O) groups excluding carboxylic acids is 1. The number of amides is 1. The second-order valence-corrected chi connectivity index (χ2v) is 12.5. The third-order valence-electron chi connectivity index (χ3n) is 5.24. The van der Waals surface area contributed by atoms with Crippen molar-refractivity contribution in [2.75, 3.05) is 0 Å². The van der Waals surface area contributed by atoms with Crippen LogP contribution in [0.25, 0.3) is 0 Å². The minimum Gasteiger partial charge on any atom is -0.342 e. The molecular formula is C21H43NOS. The van der Waals surface area contributed by atoms with Gasteiger partial charge in [-0.2, -0.15) is 0 Å². The topological polar surface area (TPSA) is 29.1 Å². The average Bonchev–Trinajstić information content (AvgIpc) is 2.32. The predicted molar refractivity (Wildman–Crippen MR) is 111 cm³/mol. The van der Waals surface area contributed by atoms with Gasteiger partial charge in [-0.1, -0.05) is 74.1 Å². The highest BCUT2D eigenvalue weighted by molar-refractivity contribution is 8.14. The van der Waals surface area contributed by atoms with E-state index in [2.05, 4.69) is 81.5 Å². The van der Waals surface area contributed by atoms with Crippen LogP contribution < -0.4 is 5.32 Å². The Labute approximate surface area is 156 Å². The fraction of sp³-hybridized carbons (Fsp3) is 0.952. The van der Waals surface area contributed by atoms with Gasteiger partial charge in [0.1, 0.15) is 0 Å². The SMILES string of the molecule is CC(C)C(C)(C)CCC(C)(C)NC(=O)SC(C)(C)CCC(C)(C)C. The Balaban J connectivity index is 4.52. The van der Waals surface area contributed by atoms with Crippen LogP contribution in [0.4, 0.5) is 4.79 Å². The molecule has 0 saturated heterocycles. The molecule has 0 aromatic heterocycles. The lowest BCUT2D eigenvalue weighted by Crippen LogP contribution is -2.43. The summed E-state index contributed by atoms with van der Waals surface area (Å²) in [5, 5.41) is 3.36. The molecule has 0 aliphatic heterocycles. The summed E-state index contributed by atoms with van der Waals surface area (Å²) in [6.45, 7) is 24.6. The number of carbonyl (C=O) groups is 1. The zero-order chi connectivity index (χ0) is 19.4. The second-order valence-electron chi connectivity index (χ2n) is 10.9. The summed E-state index contributed by atoms with van der Waals surface area (Å²) in [5.41, 5.74) is 0.466. The van der Waals surface area contributed by atoms with E-state index in [0.29, 0.717) is 16.7 Å². The van der Waals surface area contributed by atoms with Crippen molar-refractivity contribution in [3.05, 3.63) is 0 Å². The van der Waals surface area contributed by atoms with Crippen molar-refractivity contribution in [2.24, 2.45) is 16.7 Å². The Morgan fingerprint density at radius 2 is 1.33 bits per heavy atom. The standard InChI is InChI=1S/C21H43NOS/c1-16(2)19(6,7)13-14-20(8,9)22-17(23)24-21(10,11)15-12-18(3,4)5/h16H,12-15H2,1-11H3,(H,22,23). The summed E-state index contributed by atoms with van der Waals surface area (Å²) in [6, 6.07) is 0. The number of rotatable bonds is 8. The molecule has 24 heavy (non-hydrogen) atoms. The molecule has 0 spiro atoms. The van der Waals surface area contributed by atoms with Crippen LogP contribution in [0.5, 0.6) is 0 Å². The van der Waals surface area contributed by atoms with E-state index in [1.807, 2.05) is 0 Å². The molecule has 0 fully saturated rings. The van der Waals surface area contributed by atoms with Gasteiger partial charge in [0.15, 0.2) is 0 Å². The average molecular weight is 358 g/mol. The molecule has 0 atom stereocenters. The molecule has 0 aromatic rings. The fourth-order valence-electron chi connectivity index (χ4n) is 2.27. The molecule has 0 rings (SSSR count). The normalized spacial score (nSPS) is 14.2. The Morgan fingerprint density at radius 3 is 1.75 bits per heavy atom. The van der Waals surface area contributed by atoms with E-state index < -0.39 is 0 Å². The Hall–Kier alpha value is -0.180. The number of nitrogens with one attached hydrogen (secondary N) is 1. The lowest BCUT2D eigenvalue weighted by Gasteiger charge is -2.35. The second kappa shape index (κ2) is 8.47. The van der Waals surface area contributed by atoms with E-state index >= 15 is 0 Å². The molecule has 0 radical (unpaired) electrons. The largest absolute Gasteiger partial charge is 0.342 e. The molecule has 0 saturated carbocycles. The van der Waals surface area contributed by atoms with Crippen molar-refractivity contribution < 1.29 is 4.79 Å². The molecule has 0 bridgehead atoms. The zero-order valence-electron chi connectivity index (χ0n) is 18.2. The van der Waals surface area contributed by atoms with Crippen LogP contribution in [0.1, 0.15) is 102 Å². The highest BCUT2D eigenvalue weighted by Crippen LogP contribution is 2.36. The number of hydrogen-bond acceptors (Lipinski definition) is 2. The van der Waals surface area contributed by atoms with E-state index in [4.69, 9.17) is 0 Å². The zero-order valence-corrected chi connectivity index (χ0v) is 19.0. The van der Waals surface area contributed by atoms with Crippen molar-refractivity contribution in [1.29, 1.82) is 0 Å². The maximum Gasteiger partial charge on any atom is 0.279 e. The summed E-state index contributed by atoms with van der Waals surface area (Å²) in [7, 11) is 0. The van der Waals surface area contributed by atoms with Gasteiger partial charge in [0.2, 0.25) is 0 Å². The van der Waals surface area contributed by atoms with Gasteiger partial charge in [0.25, 0.3) is 5.24 Å². The summed E-state index contributed by atoms with van der Waals surface area (Å²) in [5.74, 6) is 0.648. The van der Waals surface area contributed by atoms with Crippen LogP contribution in [-0.2, 0) is 0 Å². The van der Waals surface area contributed by atoms with Gasteiger partial charge in [-0.25, -0.2) is 0 Å². The van der Waals surface area contributed by atoms with Gasteiger partial charge in [0, 0.05) is 10.3 Å². The van der Waals surface area contributed by atoms with Gasteiger partial charge >= 0.3 is 0 Å². The summed E-state index contributed by atoms with van der Waals surface area (Å²) >= 11 is 1.46. The molecule has 0 aromatic carbocycles. The Bertz CT molecular complexity index is 403. The van der Waals surface area contributed by atoms with Gasteiger partial charge in [-0.3, -0.25) is 4.79 Å². The quantitative estimate of drug-likeness (QED) is 0.494. The first kappa shape index (κ1) is 23.8. The maximum absolute atomic E-state index is 12.5. The van der Waals surface area contributed by atoms with Crippen LogP contribution in [0, 0.1) is 16.7 Å². The first-order valence-electron chi connectivity index (χ1n) is 9.47. The summed E-state index contributed by atoms with van der Waals surface area (Å²) in [6.07, 6.45) is 4.31. The smallest absolute Gasteiger partial charge is 0.279 e. The molecule has 0 aliphatic carbocycles. The monoisotopic (exact) mass is 357 g/mol. The highest BCUT2D eigenvalue weighted by atomic mass is 32.2. The van der Waals surface area contributed by atoms with Crippen molar-refractivity contribution in [3.8, 4) is 0 Å². The Morgan fingerprint density at radius 1 is 0.833 bits per heavy atom. The van der Waals surface area contributed by atoms with E-state index in [0.717, 1.165) is 25.7 Å². The van der Waals surface area contributed by atoms with Crippen LogP contribution in [0.2, 0.25) is 0 Å². The summed E-state index contributed by atoms with van der Waals surface area (Å²) in [4.78, 5) is 12.5. The van der Waals surface area contributed by atoms with Crippen molar-refractivity contribution in [2.45, 2.75) is 112 Å². The fourth-order valence-corrected chi connectivity index (χ4v) is 3.30. The van der Waals surface area contributed by atoms with Gasteiger partial charge in [-0.15, -0.1) is 0 Å². The lowest BCUT2D eigenvalue weighted by molar-refractivity contribution is 0.195. The first-order valence-corrected chi connectivity index (χ1v) is 10.3. The minimum atomic E-state index is -0.156. The predicted octanol–water partition coefficient (Wildman–Crippen LogP) is 7.28. The highest BCUT2D eigenvalue weighted by Gasteiger charge is 2.30. The third-order valence-corrected chi connectivity index (χ3v) is 6.29. The van der Waals surface area contributed by atoms with E-state index in [-0.39, 0.29) is 15.5 Å². The van der Waals surface area contributed by atoms with Crippen molar-refractivity contribution in [1.82, 2.24) is 5.32 Å². The molecule has 1 amide bonds. The third kappa shape index (κ3) is 10.6. The molecule has 1 N–H and O–H groups in total. The maximum atomic E-state index is 12.5.